The molecular formula is C11H11N7. The SMILES string of the molecule is Nc1[nH]ncc1CNc1ccc2nccnc2n1. The van der Waals surface area contributed by atoms with Crippen LogP contribution in [0.4, 0.5) is 11.6 Å². The largest absolute Gasteiger partial charge is 0.384 e. The number of rotatable bonds is 3. The van der Waals surface area contributed by atoms with Gasteiger partial charge < -0.3 is 11.1 Å². The number of hydrogen-bond acceptors (Lipinski definition) is 6. The topological polar surface area (TPSA) is 105 Å². The van der Waals surface area contributed by atoms with Crippen molar-refractivity contribution in [2.45, 2.75) is 6.54 Å². The quantitative estimate of drug-likeness (QED) is 0.630. The third kappa shape index (κ3) is 1.93. The molecule has 18 heavy (non-hydrogen) atoms. The van der Waals surface area contributed by atoms with Gasteiger partial charge in [0.2, 0.25) is 0 Å². The molecule has 0 spiro atoms. The van der Waals surface area contributed by atoms with E-state index >= 15 is 0 Å². The summed E-state index contributed by atoms with van der Waals surface area (Å²) < 4.78 is 0. The molecule has 4 N–H and O–H groups in total. The lowest BCUT2D eigenvalue weighted by molar-refractivity contribution is 1.10. The molecule has 90 valence electrons. The first kappa shape index (κ1) is 10.5. The van der Waals surface area contributed by atoms with Crippen LogP contribution in [0.5, 0.6) is 0 Å². The minimum atomic E-state index is 0.557. The van der Waals surface area contributed by atoms with Crippen LogP contribution >= 0.6 is 0 Å². The molecule has 0 radical (unpaired) electrons. The second kappa shape index (κ2) is 4.28. The number of nitrogens with two attached hydrogens (primary N) is 1. The summed E-state index contributed by atoms with van der Waals surface area (Å²) in [6.07, 6.45) is 4.94. The number of anilines is 2. The van der Waals surface area contributed by atoms with E-state index in [9.17, 15) is 0 Å². The minimum Gasteiger partial charge on any atom is -0.384 e. The summed E-state index contributed by atoms with van der Waals surface area (Å²) in [5.74, 6) is 1.28. The normalized spacial score (nSPS) is 10.7. The number of aromatic nitrogens is 5. The third-order valence-corrected chi connectivity index (χ3v) is 2.54. The maximum absolute atomic E-state index is 5.69. The van der Waals surface area contributed by atoms with E-state index in [2.05, 4.69) is 30.5 Å². The Kier molecular flexibility index (Phi) is 2.49. The van der Waals surface area contributed by atoms with Crippen LogP contribution in [-0.4, -0.2) is 25.1 Å². The molecule has 7 heteroatoms. The van der Waals surface area contributed by atoms with Gasteiger partial charge in [-0.2, -0.15) is 5.10 Å². The lowest BCUT2D eigenvalue weighted by Gasteiger charge is -2.05. The first-order valence-corrected chi connectivity index (χ1v) is 5.42. The van der Waals surface area contributed by atoms with Crippen LogP contribution in [0.25, 0.3) is 11.2 Å². The number of H-pyrrole nitrogens is 1. The number of hydrogen-bond donors (Lipinski definition) is 3. The molecule has 0 aliphatic heterocycles. The third-order valence-electron chi connectivity index (χ3n) is 2.54. The van der Waals surface area contributed by atoms with Gasteiger partial charge in [0, 0.05) is 24.5 Å². The van der Waals surface area contributed by atoms with Gasteiger partial charge in [-0.15, -0.1) is 0 Å². The Bertz CT molecular complexity index is 676. The molecule has 0 unspecified atom stereocenters. The Morgan fingerprint density at radius 1 is 1.22 bits per heavy atom. The minimum absolute atomic E-state index is 0.557. The fourth-order valence-corrected chi connectivity index (χ4v) is 1.60. The maximum atomic E-state index is 5.69. The first-order valence-electron chi connectivity index (χ1n) is 5.42. The smallest absolute Gasteiger partial charge is 0.180 e. The van der Waals surface area contributed by atoms with Crippen LogP contribution in [0, 0.1) is 0 Å². The summed E-state index contributed by atoms with van der Waals surface area (Å²) in [5.41, 5.74) is 7.98. The zero-order valence-corrected chi connectivity index (χ0v) is 9.46. The number of nitrogens with one attached hydrogen (secondary N) is 2. The van der Waals surface area contributed by atoms with Crippen molar-refractivity contribution in [3.8, 4) is 0 Å². The molecule has 0 amide bonds. The second-order valence-electron chi connectivity index (χ2n) is 3.76. The van der Waals surface area contributed by atoms with E-state index in [4.69, 9.17) is 5.73 Å². The predicted molar refractivity (Wildman–Crippen MR) is 67.7 cm³/mol. The fourth-order valence-electron chi connectivity index (χ4n) is 1.60. The van der Waals surface area contributed by atoms with Crippen molar-refractivity contribution in [3.63, 3.8) is 0 Å². The highest BCUT2D eigenvalue weighted by molar-refractivity contribution is 5.71. The number of pyridine rings is 1. The van der Waals surface area contributed by atoms with E-state index in [1.165, 1.54) is 0 Å². The summed E-state index contributed by atoms with van der Waals surface area (Å²) in [7, 11) is 0. The molecule has 0 aromatic carbocycles. The molecule has 0 fully saturated rings. The highest BCUT2D eigenvalue weighted by Gasteiger charge is 2.03. The van der Waals surface area contributed by atoms with Crippen LogP contribution in [0.1, 0.15) is 5.56 Å². The highest BCUT2D eigenvalue weighted by Crippen LogP contribution is 2.12. The van der Waals surface area contributed by atoms with E-state index < -0.39 is 0 Å². The fraction of sp³-hybridized carbons (Fsp3) is 0.0909. The van der Waals surface area contributed by atoms with Gasteiger partial charge in [-0.05, 0) is 12.1 Å². The van der Waals surface area contributed by atoms with Crippen molar-refractivity contribution >= 4 is 22.8 Å². The molecule has 3 heterocycles. The average Bonchev–Trinajstić information content (AvgIpc) is 2.82. The molecule has 0 saturated carbocycles. The maximum Gasteiger partial charge on any atom is 0.180 e. The van der Waals surface area contributed by atoms with Crippen LogP contribution < -0.4 is 11.1 Å². The van der Waals surface area contributed by atoms with Gasteiger partial charge in [-0.1, -0.05) is 0 Å². The van der Waals surface area contributed by atoms with Gasteiger partial charge in [0.1, 0.15) is 17.2 Å². The Labute approximate surface area is 102 Å². The van der Waals surface area contributed by atoms with Gasteiger partial charge in [0.05, 0.1) is 6.20 Å². The summed E-state index contributed by atoms with van der Waals surface area (Å²) >= 11 is 0. The second-order valence-corrected chi connectivity index (χ2v) is 3.76. The zero-order chi connectivity index (χ0) is 12.4. The summed E-state index contributed by atoms with van der Waals surface area (Å²) in [5, 5.41) is 9.69. The summed E-state index contributed by atoms with van der Waals surface area (Å²) in [6, 6.07) is 3.73. The molecule has 0 saturated heterocycles. The Hall–Kier alpha value is -2.70. The number of nitrogen functional groups attached to an aromatic ring is 1. The van der Waals surface area contributed by atoms with Crippen LogP contribution in [0.15, 0.2) is 30.7 Å². The Morgan fingerprint density at radius 2 is 2.11 bits per heavy atom. The molecule has 0 aliphatic carbocycles. The van der Waals surface area contributed by atoms with E-state index in [-0.39, 0.29) is 0 Å². The van der Waals surface area contributed by atoms with Crippen LogP contribution in [-0.2, 0) is 6.54 Å². The van der Waals surface area contributed by atoms with Crippen LogP contribution in [0.2, 0.25) is 0 Å². The molecule has 0 aliphatic rings. The number of nitrogens with zero attached hydrogens (tertiary/aromatic N) is 4. The molecular weight excluding hydrogens is 230 g/mol. The summed E-state index contributed by atoms with van der Waals surface area (Å²) in [6.45, 7) is 0.557. The van der Waals surface area contributed by atoms with Gasteiger partial charge in [-0.3, -0.25) is 10.1 Å². The van der Waals surface area contributed by atoms with Crippen molar-refractivity contribution in [2.75, 3.05) is 11.1 Å². The van der Waals surface area contributed by atoms with Gasteiger partial charge in [0.25, 0.3) is 0 Å². The highest BCUT2D eigenvalue weighted by atomic mass is 15.1. The monoisotopic (exact) mass is 241 g/mol. The van der Waals surface area contributed by atoms with Gasteiger partial charge in [-0.25, -0.2) is 9.97 Å². The summed E-state index contributed by atoms with van der Waals surface area (Å²) in [4.78, 5) is 12.7. The van der Waals surface area contributed by atoms with Crippen molar-refractivity contribution in [1.29, 1.82) is 0 Å². The van der Waals surface area contributed by atoms with Crippen molar-refractivity contribution in [3.05, 3.63) is 36.3 Å². The van der Waals surface area contributed by atoms with Crippen molar-refractivity contribution < 1.29 is 0 Å². The zero-order valence-electron chi connectivity index (χ0n) is 9.46. The molecule has 7 nitrogen and oxygen atoms in total. The van der Waals surface area contributed by atoms with Crippen molar-refractivity contribution in [1.82, 2.24) is 25.1 Å². The number of fused-ring (bicyclic) bond motifs is 1. The first-order chi connectivity index (χ1) is 8.83. The lowest BCUT2D eigenvalue weighted by atomic mass is 10.3. The standard InChI is InChI=1S/C11H11N7/c12-10-7(6-16-18-10)5-15-9-2-1-8-11(17-9)14-4-3-13-8/h1-4,6H,5H2,(H3,12,16,18)(H,14,15,17). The molecule has 3 rings (SSSR count). The average molecular weight is 241 g/mol. The molecule has 0 bridgehead atoms. The number of aromatic amines is 1. The van der Waals surface area contributed by atoms with Crippen LogP contribution in [0.3, 0.4) is 0 Å². The predicted octanol–water partition coefficient (Wildman–Crippen LogP) is 0.942. The molecule has 0 atom stereocenters. The van der Waals surface area contributed by atoms with E-state index in [0.29, 0.717) is 18.0 Å². The Balaban J connectivity index is 1.81. The van der Waals surface area contributed by atoms with E-state index in [1.807, 2.05) is 12.1 Å². The van der Waals surface area contributed by atoms with E-state index in [0.717, 1.165) is 16.9 Å². The molecule has 3 aromatic heterocycles. The molecule has 3 aromatic rings. The lowest BCUT2D eigenvalue weighted by Crippen LogP contribution is -2.03. The van der Waals surface area contributed by atoms with Gasteiger partial charge in [0.15, 0.2) is 5.65 Å². The Morgan fingerprint density at radius 3 is 2.94 bits per heavy atom. The van der Waals surface area contributed by atoms with Crippen molar-refractivity contribution in [2.24, 2.45) is 0 Å². The van der Waals surface area contributed by atoms with E-state index in [1.54, 1.807) is 18.6 Å². The van der Waals surface area contributed by atoms with Gasteiger partial charge >= 0.3 is 0 Å².